The Kier molecular flexibility index (Phi) is 3.81. The molecular weight excluding hydrogens is 354 g/mol. The first-order valence-electron chi connectivity index (χ1n) is 7.79. The van der Waals surface area contributed by atoms with Gasteiger partial charge in [-0.25, -0.2) is 0 Å². The maximum Gasteiger partial charge on any atom is 0.433 e. The highest BCUT2D eigenvalue weighted by Gasteiger charge is 2.22. The van der Waals surface area contributed by atoms with Gasteiger partial charge in [0.05, 0.1) is 17.3 Å². The van der Waals surface area contributed by atoms with Crippen molar-refractivity contribution in [3.63, 3.8) is 0 Å². The van der Waals surface area contributed by atoms with Crippen LogP contribution < -0.4 is 15.4 Å². The molecule has 9 heteroatoms. The highest BCUT2D eigenvalue weighted by atomic mass is 16.6. The van der Waals surface area contributed by atoms with Gasteiger partial charge in [0.1, 0.15) is 10.7 Å². The van der Waals surface area contributed by atoms with Crippen molar-refractivity contribution in [1.29, 1.82) is 0 Å². The van der Waals surface area contributed by atoms with Crippen molar-refractivity contribution in [3.8, 4) is 11.5 Å². The van der Waals surface area contributed by atoms with Gasteiger partial charge in [-0.1, -0.05) is 12.1 Å². The fraction of sp³-hybridized carbons (Fsp3) is 0. The summed E-state index contributed by atoms with van der Waals surface area (Å²) in [6, 6.07) is 13.8. The third-order valence-electron chi connectivity index (χ3n) is 3.83. The van der Waals surface area contributed by atoms with Gasteiger partial charge in [-0.05, 0) is 36.4 Å². The van der Waals surface area contributed by atoms with Crippen molar-refractivity contribution in [2.45, 2.75) is 0 Å². The van der Waals surface area contributed by atoms with E-state index in [1.807, 2.05) is 0 Å². The summed E-state index contributed by atoms with van der Waals surface area (Å²) in [5.41, 5.74) is 1.07. The average Bonchev–Trinajstić information content (AvgIpc) is 3.10. The molecule has 0 unspecified atom stereocenters. The zero-order chi connectivity index (χ0) is 19.0. The number of fused-ring (bicyclic) bond motifs is 2. The van der Waals surface area contributed by atoms with E-state index in [0.717, 1.165) is 6.07 Å². The van der Waals surface area contributed by atoms with E-state index < -0.39 is 16.7 Å². The highest BCUT2D eigenvalue weighted by molar-refractivity contribution is 6.09. The van der Waals surface area contributed by atoms with Gasteiger partial charge in [0, 0.05) is 5.69 Å². The second-order valence-electron chi connectivity index (χ2n) is 5.61. The highest BCUT2D eigenvalue weighted by Crippen LogP contribution is 2.36. The summed E-state index contributed by atoms with van der Waals surface area (Å²) in [6.07, 6.45) is 0. The summed E-state index contributed by atoms with van der Waals surface area (Å²) in [7, 11) is 0. The van der Waals surface area contributed by atoms with E-state index in [-0.39, 0.29) is 17.2 Å². The van der Waals surface area contributed by atoms with Crippen molar-refractivity contribution in [2.24, 2.45) is 0 Å². The van der Waals surface area contributed by atoms with Gasteiger partial charge < -0.3 is 19.8 Å². The molecule has 0 fully saturated rings. The zero-order valence-corrected chi connectivity index (χ0v) is 13.6. The lowest BCUT2D eigenvalue weighted by molar-refractivity contribution is -0.402. The van der Waals surface area contributed by atoms with Crippen LogP contribution in [0.15, 0.2) is 59.0 Å². The number of benzene rings is 2. The predicted octanol–water partition coefficient (Wildman–Crippen LogP) is 3.80. The Hall–Kier alpha value is -4.14. The van der Waals surface area contributed by atoms with Gasteiger partial charge in [-0.2, -0.15) is 0 Å². The van der Waals surface area contributed by atoms with Gasteiger partial charge in [-0.3, -0.25) is 19.7 Å². The van der Waals surface area contributed by atoms with Crippen LogP contribution in [0.3, 0.4) is 0 Å². The molecule has 1 aliphatic rings. The second kappa shape index (κ2) is 6.30. The molecule has 3 aromatic rings. The Morgan fingerprint density at radius 3 is 2.67 bits per heavy atom. The van der Waals surface area contributed by atoms with Crippen LogP contribution in [-0.2, 0) is 0 Å². The molecule has 4 rings (SSSR count). The number of hydrogen-bond acceptors (Lipinski definition) is 6. The number of furan rings is 1. The van der Waals surface area contributed by atoms with E-state index in [0.29, 0.717) is 22.9 Å². The molecule has 9 nitrogen and oxygen atoms in total. The Morgan fingerprint density at radius 1 is 1.07 bits per heavy atom. The Balaban J connectivity index is 1.59. The van der Waals surface area contributed by atoms with Crippen LogP contribution in [0.25, 0.3) is 0 Å². The van der Waals surface area contributed by atoms with Crippen LogP contribution >= 0.6 is 0 Å². The van der Waals surface area contributed by atoms with Gasteiger partial charge in [-0.15, -0.1) is 0 Å². The lowest BCUT2D eigenvalue weighted by Gasteiger charge is -2.09. The fourth-order valence-electron chi connectivity index (χ4n) is 2.58. The topological polar surface area (TPSA) is 124 Å². The van der Waals surface area contributed by atoms with Gasteiger partial charge in [0.2, 0.25) is 0 Å². The number of nitro groups is 1. The molecule has 2 aromatic carbocycles. The first-order valence-corrected chi connectivity index (χ1v) is 7.79. The van der Waals surface area contributed by atoms with Crippen LogP contribution in [-0.4, -0.2) is 16.7 Å². The molecule has 0 bridgehead atoms. The van der Waals surface area contributed by atoms with E-state index in [1.54, 1.807) is 36.4 Å². The first kappa shape index (κ1) is 16.3. The smallest absolute Gasteiger partial charge is 0.433 e. The largest absolute Gasteiger partial charge is 0.454 e. The van der Waals surface area contributed by atoms with Gasteiger partial charge >= 0.3 is 5.88 Å². The summed E-state index contributed by atoms with van der Waals surface area (Å²) in [6.45, 7) is 0. The standard InChI is InChI=1S/C18H11N3O6/c22-17-11-9-10(19-18(23)15-7-8-16(27-15)21(24)25)5-6-13(11)26-14-4-2-1-3-12(14)20-17/h1-9H,(H,19,23)(H,20,22). The lowest BCUT2D eigenvalue weighted by atomic mass is 10.1. The van der Waals surface area contributed by atoms with Crippen molar-refractivity contribution in [1.82, 2.24) is 0 Å². The van der Waals surface area contributed by atoms with Crippen LogP contribution in [0.4, 0.5) is 17.3 Å². The maximum atomic E-state index is 12.5. The maximum absolute atomic E-state index is 12.5. The molecule has 0 radical (unpaired) electrons. The van der Waals surface area contributed by atoms with Crippen LogP contribution in [0.5, 0.6) is 11.5 Å². The molecule has 1 aliphatic heterocycles. The van der Waals surface area contributed by atoms with E-state index in [2.05, 4.69) is 10.6 Å². The molecular formula is C18H11N3O6. The van der Waals surface area contributed by atoms with Crippen molar-refractivity contribution >= 4 is 29.1 Å². The van der Waals surface area contributed by atoms with Crippen LogP contribution in [0.2, 0.25) is 0 Å². The Bertz CT molecular complexity index is 1090. The predicted molar refractivity (Wildman–Crippen MR) is 94.2 cm³/mol. The number of para-hydroxylation sites is 2. The minimum absolute atomic E-state index is 0.218. The summed E-state index contributed by atoms with van der Waals surface area (Å²) >= 11 is 0. The number of carbonyl (C=O) groups excluding carboxylic acids is 2. The fourth-order valence-corrected chi connectivity index (χ4v) is 2.58. The molecule has 2 heterocycles. The van der Waals surface area contributed by atoms with Crippen molar-refractivity contribution < 1.29 is 23.7 Å². The number of carbonyl (C=O) groups is 2. The zero-order valence-electron chi connectivity index (χ0n) is 13.6. The minimum atomic E-state index is -0.738. The number of hydrogen-bond donors (Lipinski definition) is 2. The summed E-state index contributed by atoms with van der Waals surface area (Å²) in [4.78, 5) is 34.5. The molecule has 0 aliphatic carbocycles. The Labute approximate surface area is 151 Å². The summed E-state index contributed by atoms with van der Waals surface area (Å²) in [5, 5.41) is 15.9. The summed E-state index contributed by atoms with van der Waals surface area (Å²) < 4.78 is 10.6. The molecule has 1 aromatic heterocycles. The second-order valence-corrected chi connectivity index (χ2v) is 5.61. The molecule has 0 saturated heterocycles. The number of amides is 2. The molecule has 2 N–H and O–H groups in total. The van der Waals surface area contributed by atoms with E-state index in [9.17, 15) is 19.7 Å². The lowest BCUT2D eigenvalue weighted by Crippen LogP contribution is -2.13. The quantitative estimate of drug-likeness (QED) is 0.537. The summed E-state index contributed by atoms with van der Waals surface area (Å²) in [5.74, 6) is -0.980. The number of nitrogens with zero attached hydrogens (tertiary/aromatic N) is 1. The molecule has 0 atom stereocenters. The van der Waals surface area contributed by atoms with Gasteiger partial charge in [0.25, 0.3) is 11.8 Å². The van der Waals surface area contributed by atoms with E-state index in [1.165, 1.54) is 12.1 Å². The monoisotopic (exact) mass is 365 g/mol. The van der Waals surface area contributed by atoms with E-state index in [4.69, 9.17) is 9.15 Å². The van der Waals surface area contributed by atoms with Crippen molar-refractivity contribution in [3.05, 3.63) is 76.0 Å². The molecule has 134 valence electrons. The number of rotatable bonds is 3. The molecule has 0 spiro atoms. The molecule has 0 saturated carbocycles. The Morgan fingerprint density at radius 2 is 1.89 bits per heavy atom. The average molecular weight is 365 g/mol. The number of anilines is 2. The van der Waals surface area contributed by atoms with Crippen molar-refractivity contribution in [2.75, 3.05) is 10.6 Å². The number of nitrogens with one attached hydrogen (secondary N) is 2. The first-order chi connectivity index (χ1) is 13.0. The third-order valence-corrected chi connectivity index (χ3v) is 3.83. The number of ether oxygens (including phenoxy) is 1. The third kappa shape index (κ3) is 3.09. The van der Waals surface area contributed by atoms with Crippen LogP contribution in [0.1, 0.15) is 20.9 Å². The normalized spacial score (nSPS) is 12.1. The molecule has 2 amide bonds. The van der Waals surface area contributed by atoms with E-state index >= 15 is 0 Å². The SMILES string of the molecule is O=C(Nc1ccc2c(c1)C(=O)Nc1ccccc1O2)c1ccc([N+](=O)[O-])o1. The van der Waals surface area contributed by atoms with Gasteiger partial charge in [0.15, 0.2) is 11.5 Å². The van der Waals surface area contributed by atoms with Crippen LogP contribution in [0, 0.1) is 10.1 Å². The molecule has 27 heavy (non-hydrogen) atoms. The minimum Gasteiger partial charge on any atom is -0.454 e.